The van der Waals surface area contributed by atoms with Gasteiger partial charge in [0.15, 0.2) is 0 Å². The van der Waals surface area contributed by atoms with E-state index in [1.807, 2.05) is 7.05 Å². The van der Waals surface area contributed by atoms with Gasteiger partial charge in [-0.1, -0.05) is 28.1 Å². The van der Waals surface area contributed by atoms with Crippen LogP contribution in [0.5, 0.6) is 0 Å². The fourth-order valence-electron chi connectivity index (χ4n) is 2.20. The number of hydrogen-bond acceptors (Lipinski definition) is 1. The summed E-state index contributed by atoms with van der Waals surface area (Å²) in [5.41, 5.74) is 0.861. The van der Waals surface area contributed by atoms with E-state index in [-0.39, 0.29) is 11.7 Å². The van der Waals surface area contributed by atoms with Crippen LogP contribution in [0.15, 0.2) is 24.3 Å². The van der Waals surface area contributed by atoms with E-state index in [9.17, 15) is 9.18 Å². The summed E-state index contributed by atoms with van der Waals surface area (Å²) in [5, 5.41) is 0. The lowest BCUT2D eigenvalue weighted by atomic mass is 9.85. The summed E-state index contributed by atoms with van der Waals surface area (Å²) in [6, 6.07) is 6.12. The second-order valence-electron chi connectivity index (χ2n) is 5.01. The van der Waals surface area contributed by atoms with Crippen LogP contribution in [-0.4, -0.2) is 29.2 Å². The number of hydrogen-bond donors (Lipinski definition) is 0. The summed E-state index contributed by atoms with van der Waals surface area (Å²) in [6.07, 6.45) is 2.64. The lowest BCUT2D eigenvalue weighted by molar-refractivity contribution is -0.130. The van der Waals surface area contributed by atoms with Crippen LogP contribution >= 0.6 is 15.9 Å². The van der Waals surface area contributed by atoms with Crippen molar-refractivity contribution in [3.8, 4) is 0 Å². The Labute approximate surface area is 115 Å². The number of rotatable bonds is 4. The topological polar surface area (TPSA) is 20.3 Å². The van der Waals surface area contributed by atoms with Gasteiger partial charge >= 0.3 is 0 Å². The monoisotopic (exact) mass is 313 g/mol. The van der Waals surface area contributed by atoms with Crippen molar-refractivity contribution in [2.24, 2.45) is 5.92 Å². The predicted octanol–water partition coefficient (Wildman–Crippen LogP) is 3.00. The molecule has 0 unspecified atom stereocenters. The molecule has 1 fully saturated rings. The van der Waals surface area contributed by atoms with Crippen molar-refractivity contribution in [3.05, 3.63) is 35.6 Å². The summed E-state index contributed by atoms with van der Waals surface area (Å²) >= 11 is 3.55. The van der Waals surface area contributed by atoms with Crippen LogP contribution in [0.3, 0.4) is 0 Å². The van der Waals surface area contributed by atoms with Gasteiger partial charge in [-0.15, -0.1) is 0 Å². The Kier molecular flexibility index (Phi) is 4.38. The van der Waals surface area contributed by atoms with Gasteiger partial charge in [0.2, 0.25) is 5.91 Å². The third kappa shape index (κ3) is 3.55. The van der Waals surface area contributed by atoms with Gasteiger partial charge in [0, 0.05) is 18.4 Å². The first-order valence-corrected chi connectivity index (χ1v) is 7.08. The van der Waals surface area contributed by atoms with E-state index in [2.05, 4.69) is 15.9 Å². The summed E-state index contributed by atoms with van der Waals surface area (Å²) in [5.74, 6) is 0.452. The van der Waals surface area contributed by atoms with E-state index in [1.54, 1.807) is 17.0 Å². The number of carbonyl (C=O) groups is 1. The third-order valence-electron chi connectivity index (χ3n) is 3.40. The van der Waals surface area contributed by atoms with Crippen molar-refractivity contribution >= 4 is 21.8 Å². The molecule has 1 aliphatic rings. The molecule has 1 saturated carbocycles. The molecular formula is C14H17BrFNO. The normalized spacial score (nSPS) is 22.4. The molecule has 0 N–H and O–H groups in total. The van der Waals surface area contributed by atoms with Crippen LogP contribution in [0, 0.1) is 11.7 Å². The van der Waals surface area contributed by atoms with Crippen LogP contribution in [0.1, 0.15) is 18.4 Å². The molecule has 0 saturated heterocycles. The minimum atomic E-state index is -0.266. The van der Waals surface area contributed by atoms with Gasteiger partial charge < -0.3 is 4.90 Å². The van der Waals surface area contributed by atoms with Gasteiger partial charge in [-0.25, -0.2) is 4.39 Å². The Balaban J connectivity index is 1.81. The zero-order valence-electron chi connectivity index (χ0n) is 10.4. The summed E-state index contributed by atoms with van der Waals surface area (Å²) in [6.45, 7) is 0.822. The fourth-order valence-corrected chi connectivity index (χ4v) is 3.26. The minimum Gasteiger partial charge on any atom is -0.345 e. The highest BCUT2D eigenvalue weighted by Crippen LogP contribution is 2.33. The molecule has 0 aliphatic heterocycles. The Morgan fingerprint density at radius 3 is 2.56 bits per heavy atom. The van der Waals surface area contributed by atoms with Gasteiger partial charge in [0.1, 0.15) is 5.82 Å². The van der Waals surface area contributed by atoms with E-state index < -0.39 is 0 Å². The smallest absolute Gasteiger partial charge is 0.226 e. The van der Waals surface area contributed by atoms with Gasteiger partial charge in [-0.2, -0.15) is 0 Å². The lowest BCUT2D eigenvalue weighted by Crippen LogP contribution is -2.38. The number of carbonyl (C=O) groups excluding carboxylic acids is 1. The Bertz CT molecular complexity index is 414. The molecule has 0 spiro atoms. The van der Waals surface area contributed by atoms with Crippen LogP contribution in [-0.2, 0) is 11.2 Å². The zero-order valence-corrected chi connectivity index (χ0v) is 12.0. The van der Waals surface area contributed by atoms with Gasteiger partial charge in [-0.3, -0.25) is 4.79 Å². The Hall–Kier alpha value is -0.900. The van der Waals surface area contributed by atoms with Crippen molar-refractivity contribution in [2.45, 2.75) is 24.1 Å². The molecule has 2 rings (SSSR count). The molecule has 18 heavy (non-hydrogen) atoms. The van der Waals surface area contributed by atoms with E-state index >= 15 is 0 Å². The Morgan fingerprint density at radius 1 is 1.39 bits per heavy atom. The van der Waals surface area contributed by atoms with E-state index in [4.69, 9.17) is 0 Å². The largest absolute Gasteiger partial charge is 0.345 e. The summed E-state index contributed by atoms with van der Waals surface area (Å²) < 4.78 is 12.7. The molecule has 4 heteroatoms. The maximum atomic E-state index is 12.7. The fraction of sp³-hybridized carbons (Fsp3) is 0.500. The van der Waals surface area contributed by atoms with Crippen molar-refractivity contribution in [3.63, 3.8) is 0 Å². The van der Waals surface area contributed by atoms with Crippen molar-refractivity contribution in [1.29, 1.82) is 0 Å². The highest BCUT2D eigenvalue weighted by Gasteiger charge is 2.28. The summed E-state index contributed by atoms with van der Waals surface area (Å²) in [7, 11) is 1.84. The van der Waals surface area contributed by atoms with Crippen LogP contribution < -0.4 is 0 Å². The van der Waals surface area contributed by atoms with E-state index in [0.717, 1.165) is 24.9 Å². The van der Waals surface area contributed by atoms with Crippen LogP contribution in [0.2, 0.25) is 0 Å². The molecule has 2 nitrogen and oxygen atoms in total. The van der Waals surface area contributed by atoms with E-state index in [0.29, 0.717) is 17.2 Å². The predicted molar refractivity (Wildman–Crippen MR) is 73.2 cm³/mol. The molecule has 0 bridgehead atoms. The Morgan fingerprint density at radius 2 is 2.00 bits per heavy atom. The number of alkyl halides is 1. The lowest BCUT2D eigenvalue weighted by Gasteiger charge is -2.34. The van der Waals surface area contributed by atoms with Crippen molar-refractivity contribution < 1.29 is 9.18 Å². The van der Waals surface area contributed by atoms with Gasteiger partial charge in [-0.05, 0) is 36.5 Å². The second-order valence-corrected chi connectivity index (χ2v) is 6.31. The molecule has 0 aromatic heterocycles. The average Bonchev–Trinajstić information content (AvgIpc) is 2.30. The molecule has 0 heterocycles. The molecule has 1 aromatic rings. The standard InChI is InChI=1S/C14H17BrFNO/c1-17(9-11-6-12(15)7-11)14(18)8-10-2-4-13(16)5-3-10/h2-5,11-12H,6-9H2,1H3. The van der Waals surface area contributed by atoms with Crippen LogP contribution in [0.4, 0.5) is 4.39 Å². The zero-order chi connectivity index (χ0) is 13.1. The van der Waals surface area contributed by atoms with E-state index in [1.165, 1.54) is 12.1 Å². The SMILES string of the molecule is CN(CC1CC(Br)C1)C(=O)Cc1ccc(F)cc1. The first-order chi connectivity index (χ1) is 8.54. The molecule has 1 aliphatic carbocycles. The average molecular weight is 314 g/mol. The molecule has 0 radical (unpaired) electrons. The van der Waals surface area contributed by atoms with Crippen molar-refractivity contribution in [2.75, 3.05) is 13.6 Å². The maximum absolute atomic E-state index is 12.7. The molecule has 98 valence electrons. The molecule has 1 amide bonds. The third-order valence-corrected chi connectivity index (χ3v) is 4.15. The number of halogens is 2. The number of nitrogens with zero attached hydrogens (tertiary/aromatic N) is 1. The number of benzene rings is 1. The minimum absolute atomic E-state index is 0.0969. The highest BCUT2D eigenvalue weighted by molar-refractivity contribution is 9.09. The maximum Gasteiger partial charge on any atom is 0.226 e. The first-order valence-electron chi connectivity index (χ1n) is 6.17. The quantitative estimate of drug-likeness (QED) is 0.783. The van der Waals surface area contributed by atoms with Crippen molar-refractivity contribution in [1.82, 2.24) is 4.90 Å². The molecule has 1 aromatic carbocycles. The highest BCUT2D eigenvalue weighted by atomic mass is 79.9. The van der Waals surface area contributed by atoms with Crippen LogP contribution in [0.25, 0.3) is 0 Å². The summed E-state index contributed by atoms with van der Waals surface area (Å²) in [4.78, 5) is 14.4. The second kappa shape index (κ2) is 5.83. The van der Waals surface area contributed by atoms with Gasteiger partial charge in [0.05, 0.1) is 6.42 Å². The number of likely N-dealkylation sites (N-methyl/N-ethyl adjacent to an activating group) is 1. The van der Waals surface area contributed by atoms with Gasteiger partial charge in [0.25, 0.3) is 0 Å². The first kappa shape index (κ1) is 13.5. The molecular weight excluding hydrogens is 297 g/mol. The number of amides is 1. The molecule has 0 atom stereocenters.